The largest absolute Gasteiger partial charge is 0.398 e. The van der Waals surface area contributed by atoms with E-state index >= 15 is 0 Å². The Labute approximate surface area is 127 Å². The lowest BCUT2D eigenvalue weighted by Crippen LogP contribution is -2.26. The van der Waals surface area contributed by atoms with Crippen LogP contribution >= 0.6 is 23.2 Å². The molecule has 0 aliphatic carbocycles. The number of nitrogens with two attached hydrogens (primary N) is 1. The highest BCUT2D eigenvalue weighted by Gasteiger charge is 2.14. The van der Waals surface area contributed by atoms with E-state index in [1.807, 2.05) is 6.07 Å². The highest BCUT2D eigenvalue weighted by molar-refractivity contribution is 6.42. The molecule has 2 rings (SSSR count). The fourth-order valence-electron chi connectivity index (χ4n) is 1.88. The zero-order valence-electron chi connectivity index (χ0n) is 10.9. The Morgan fingerprint density at radius 1 is 1.15 bits per heavy atom. The van der Waals surface area contributed by atoms with E-state index in [1.54, 1.807) is 48.3 Å². The van der Waals surface area contributed by atoms with Gasteiger partial charge in [-0.3, -0.25) is 4.79 Å². The summed E-state index contributed by atoms with van der Waals surface area (Å²) in [4.78, 5) is 13.9. The van der Waals surface area contributed by atoms with Crippen molar-refractivity contribution in [2.24, 2.45) is 0 Å². The topological polar surface area (TPSA) is 46.3 Å². The number of para-hydroxylation sites is 1. The number of rotatable bonds is 3. The van der Waals surface area contributed by atoms with Gasteiger partial charge in [0, 0.05) is 19.3 Å². The van der Waals surface area contributed by atoms with Crippen LogP contribution in [-0.4, -0.2) is 17.9 Å². The summed E-state index contributed by atoms with van der Waals surface area (Å²) in [6.45, 7) is 0.435. The van der Waals surface area contributed by atoms with Crippen LogP contribution in [0.4, 0.5) is 5.69 Å². The number of carbonyl (C=O) groups is 1. The van der Waals surface area contributed by atoms with E-state index in [1.165, 1.54) is 0 Å². The Hall–Kier alpha value is -1.71. The highest BCUT2D eigenvalue weighted by Crippen LogP contribution is 2.23. The number of nitrogen functional groups attached to an aromatic ring is 1. The van der Waals surface area contributed by atoms with Crippen molar-refractivity contribution in [3.63, 3.8) is 0 Å². The minimum atomic E-state index is -0.130. The van der Waals surface area contributed by atoms with Gasteiger partial charge in [-0.2, -0.15) is 0 Å². The van der Waals surface area contributed by atoms with Gasteiger partial charge in [0.15, 0.2) is 0 Å². The van der Waals surface area contributed by atoms with Gasteiger partial charge in [0.1, 0.15) is 0 Å². The Morgan fingerprint density at radius 2 is 1.85 bits per heavy atom. The molecule has 2 aromatic rings. The van der Waals surface area contributed by atoms with E-state index in [4.69, 9.17) is 28.9 Å². The first-order chi connectivity index (χ1) is 9.49. The minimum absolute atomic E-state index is 0.130. The third-order valence-corrected chi connectivity index (χ3v) is 3.68. The van der Waals surface area contributed by atoms with E-state index in [9.17, 15) is 4.79 Å². The van der Waals surface area contributed by atoms with Crippen LogP contribution in [0.3, 0.4) is 0 Å². The van der Waals surface area contributed by atoms with Crippen molar-refractivity contribution in [2.75, 3.05) is 12.8 Å². The maximum absolute atomic E-state index is 12.3. The summed E-state index contributed by atoms with van der Waals surface area (Å²) in [5, 5.41) is 0.973. The maximum Gasteiger partial charge on any atom is 0.255 e. The molecule has 20 heavy (non-hydrogen) atoms. The lowest BCUT2D eigenvalue weighted by atomic mass is 10.1. The fraction of sp³-hybridized carbons (Fsp3) is 0.133. The molecular formula is C15H14Cl2N2O. The van der Waals surface area contributed by atoms with Gasteiger partial charge in [0.2, 0.25) is 0 Å². The third kappa shape index (κ3) is 3.24. The van der Waals surface area contributed by atoms with E-state index in [0.717, 1.165) is 5.56 Å². The smallest absolute Gasteiger partial charge is 0.255 e. The number of benzene rings is 2. The maximum atomic E-state index is 12.3. The molecule has 0 aliphatic heterocycles. The predicted molar refractivity (Wildman–Crippen MR) is 83.1 cm³/mol. The number of anilines is 1. The Kier molecular flexibility index (Phi) is 4.53. The number of nitrogens with zero attached hydrogens (tertiary/aromatic N) is 1. The van der Waals surface area contributed by atoms with E-state index in [0.29, 0.717) is 27.8 Å². The van der Waals surface area contributed by atoms with Crippen molar-refractivity contribution >= 4 is 34.8 Å². The summed E-state index contributed by atoms with van der Waals surface area (Å²) >= 11 is 11.8. The van der Waals surface area contributed by atoms with Gasteiger partial charge in [-0.1, -0.05) is 41.4 Å². The normalized spacial score (nSPS) is 10.3. The lowest BCUT2D eigenvalue weighted by molar-refractivity contribution is 0.0786. The zero-order valence-corrected chi connectivity index (χ0v) is 12.4. The molecule has 0 saturated heterocycles. The van der Waals surface area contributed by atoms with Crippen LogP contribution < -0.4 is 5.73 Å². The summed E-state index contributed by atoms with van der Waals surface area (Å²) < 4.78 is 0. The summed E-state index contributed by atoms with van der Waals surface area (Å²) in [6, 6.07) is 12.3. The molecule has 2 N–H and O–H groups in total. The molecule has 0 spiro atoms. The number of hydrogen-bond donors (Lipinski definition) is 1. The minimum Gasteiger partial charge on any atom is -0.398 e. The van der Waals surface area contributed by atoms with E-state index < -0.39 is 0 Å². The van der Waals surface area contributed by atoms with Crippen molar-refractivity contribution in [1.82, 2.24) is 4.90 Å². The molecule has 0 aromatic heterocycles. The quantitative estimate of drug-likeness (QED) is 0.875. The average molecular weight is 309 g/mol. The first-order valence-corrected chi connectivity index (χ1v) is 6.78. The van der Waals surface area contributed by atoms with Crippen LogP contribution in [0.5, 0.6) is 0 Å². The van der Waals surface area contributed by atoms with Gasteiger partial charge in [-0.25, -0.2) is 0 Å². The lowest BCUT2D eigenvalue weighted by Gasteiger charge is -2.18. The van der Waals surface area contributed by atoms with Crippen molar-refractivity contribution in [2.45, 2.75) is 6.54 Å². The highest BCUT2D eigenvalue weighted by atomic mass is 35.5. The van der Waals surface area contributed by atoms with Crippen LogP contribution in [0.15, 0.2) is 42.5 Å². The Morgan fingerprint density at radius 3 is 2.50 bits per heavy atom. The molecule has 0 bridgehead atoms. The SMILES string of the molecule is CN(Cc1ccc(Cl)c(Cl)c1)C(=O)c1ccccc1N. The molecule has 0 unspecified atom stereocenters. The number of amides is 1. The summed E-state index contributed by atoms with van der Waals surface area (Å²) in [5.74, 6) is -0.130. The van der Waals surface area contributed by atoms with Gasteiger partial charge >= 0.3 is 0 Å². The standard InChI is InChI=1S/C15H14Cl2N2O/c1-19(9-10-6-7-12(16)13(17)8-10)15(20)11-4-2-3-5-14(11)18/h2-8H,9,18H2,1H3. The van der Waals surface area contributed by atoms with E-state index in [-0.39, 0.29) is 5.91 Å². The van der Waals surface area contributed by atoms with Crippen molar-refractivity contribution in [3.8, 4) is 0 Å². The summed E-state index contributed by atoms with van der Waals surface area (Å²) in [7, 11) is 1.72. The summed E-state index contributed by atoms with van der Waals surface area (Å²) in [6.07, 6.45) is 0. The first kappa shape index (κ1) is 14.7. The van der Waals surface area contributed by atoms with Crippen LogP contribution in [-0.2, 0) is 6.54 Å². The van der Waals surface area contributed by atoms with Gasteiger partial charge in [0.05, 0.1) is 15.6 Å². The second-order valence-electron chi connectivity index (χ2n) is 4.50. The van der Waals surface area contributed by atoms with Crippen molar-refractivity contribution in [1.29, 1.82) is 0 Å². The molecular weight excluding hydrogens is 295 g/mol. The summed E-state index contributed by atoms with van der Waals surface area (Å²) in [5.41, 5.74) is 7.68. The number of halogens is 2. The molecule has 0 saturated carbocycles. The number of hydrogen-bond acceptors (Lipinski definition) is 2. The average Bonchev–Trinajstić information content (AvgIpc) is 2.42. The molecule has 0 fully saturated rings. The molecule has 0 aliphatic rings. The monoisotopic (exact) mass is 308 g/mol. The molecule has 2 aromatic carbocycles. The van der Waals surface area contributed by atoms with Crippen LogP contribution in [0.2, 0.25) is 10.0 Å². The molecule has 5 heteroatoms. The van der Waals surface area contributed by atoms with Crippen LogP contribution in [0.25, 0.3) is 0 Å². The van der Waals surface area contributed by atoms with Crippen molar-refractivity contribution in [3.05, 3.63) is 63.6 Å². The number of carbonyl (C=O) groups excluding carboxylic acids is 1. The van der Waals surface area contributed by atoms with E-state index in [2.05, 4.69) is 0 Å². The molecule has 1 amide bonds. The first-order valence-electron chi connectivity index (χ1n) is 6.03. The van der Waals surface area contributed by atoms with Crippen molar-refractivity contribution < 1.29 is 4.79 Å². The van der Waals surface area contributed by atoms with Crippen LogP contribution in [0, 0.1) is 0 Å². The second kappa shape index (κ2) is 6.16. The second-order valence-corrected chi connectivity index (χ2v) is 5.31. The molecule has 0 heterocycles. The third-order valence-electron chi connectivity index (χ3n) is 2.94. The Bertz CT molecular complexity index is 644. The van der Waals surface area contributed by atoms with Gasteiger partial charge in [-0.15, -0.1) is 0 Å². The molecule has 0 atom stereocenters. The van der Waals surface area contributed by atoms with Gasteiger partial charge < -0.3 is 10.6 Å². The Balaban J connectivity index is 2.15. The van der Waals surface area contributed by atoms with Crippen LogP contribution in [0.1, 0.15) is 15.9 Å². The molecule has 3 nitrogen and oxygen atoms in total. The molecule has 0 radical (unpaired) electrons. The zero-order chi connectivity index (χ0) is 14.7. The molecule has 104 valence electrons. The predicted octanol–water partition coefficient (Wildman–Crippen LogP) is 3.85. The van der Waals surface area contributed by atoms with Gasteiger partial charge in [0.25, 0.3) is 5.91 Å². The van der Waals surface area contributed by atoms with Gasteiger partial charge in [-0.05, 0) is 29.8 Å². The fourth-order valence-corrected chi connectivity index (χ4v) is 2.20.